The third-order valence-corrected chi connectivity index (χ3v) is 6.34. The highest BCUT2D eigenvalue weighted by Crippen LogP contribution is 2.22. The molecular weight excluding hydrogens is 468 g/mol. The maximum absolute atomic E-state index is 13.3. The van der Waals surface area contributed by atoms with Gasteiger partial charge in [0.15, 0.2) is 11.5 Å². The smallest absolute Gasteiger partial charge is 0.278 e. The minimum atomic E-state index is -0.218. The number of aromatic nitrogens is 6. The van der Waals surface area contributed by atoms with Gasteiger partial charge in [-0.05, 0) is 56.3 Å². The van der Waals surface area contributed by atoms with Gasteiger partial charge < -0.3 is 15.4 Å². The van der Waals surface area contributed by atoms with E-state index in [4.69, 9.17) is 14.7 Å². The van der Waals surface area contributed by atoms with Crippen LogP contribution in [0.1, 0.15) is 12.8 Å². The predicted octanol–water partition coefficient (Wildman–Crippen LogP) is 3.59. The van der Waals surface area contributed by atoms with Crippen molar-refractivity contribution in [2.45, 2.75) is 25.5 Å². The second kappa shape index (κ2) is 9.82. The Kier molecular flexibility index (Phi) is 6.07. The Morgan fingerprint density at radius 1 is 1.11 bits per heavy atom. The van der Waals surface area contributed by atoms with E-state index in [1.807, 2.05) is 48.5 Å². The lowest BCUT2D eigenvalue weighted by molar-refractivity contribution is 0.156. The number of nitrogens with one attached hydrogen (secondary N) is 2. The molecule has 10 heteroatoms. The molecule has 186 valence electrons. The quantitative estimate of drug-likeness (QED) is 0.330. The van der Waals surface area contributed by atoms with Crippen LogP contribution in [0.4, 0.5) is 11.6 Å². The third kappa shape index (κ3) is 4.54. The molecule has 5 aromatic rings. The summed E-state index contributed by atoms with van der Waals surface area (Å²) in [5.74, 6) is 1.41. The number of anilines is 2. The Labute approximate surface area is 212 Å². The first-order chi connectivity index (χ1) is 18.2. The zero-order valence-electron chi connectivity index (χ0n) is 20.2. The fourth-order valence-electron chi connectivity index (χ4n) is 4.56. The van der Waals surface area contributed by atoms with E-state index in [1.165, 1.54) is 0 Å². The molecule has 1 aliphatic rings. The Hall–Kier alpha value is -4.57. The summed E-state index contributed by atoms with van der Waals surface area (Å²) >= 11 is 0. The predicted molar refractivity (Wildman–Crippen MR) is 143 cm³/mol. The van der Waals surface area contributed by atoms with E-state index in [0.29, 0.717) is 28.7 Å². The molecule has 0 aliphatic carbocycles. The summed E-state index contributed by atoms with van der Waals surface area (Å²) in [6.07, 6.45) is 6.93. The van der Waals surface area contributed by atoms with E-state index in [-0.39, 0.29) is 18.2 Å². The van der Waals surface area contributed by atoms with Crippen LogP contribution in [-0.2, 0) is 6.54 Å². The number of hydrogen-bond acceptors (Lipinski definition) is 8. The fourth-order valence-corrected chi connectivity index (χ4v) is 4.56. The van der Waals surface area contributed by atoms with Crippen molar-refractivity contribution in [3.8, 4) is 11.7 Å². The van der Waals surface area contributed by atoms with E-state index < -0.39 is 0 Å². The summed E-state index contributed by atoms with van der Waals surface area (Å²) in [4.78, 5) is 31.5. The maximum Gasteiger partial charge on any atom is 0.278 e. The molecule has 2 N–H and O–H groups in total. The van der Waals surface area contributed by atoms with E-state index in [0.717, 1.165) is 42.5 Å². The number of ether oxygens (including phenoxy) is 1. The molecule has 0 spiro atoms. The monoisotopic (exact) mass is 494 g/mol. The first-order valence-corrected chi connectivity index (χ1v) is 12.3. The van der Waals surface area contributed by atoms with E-state index >= 15 is 0 Å². The van der Waals surface area contributed by atoms with Gasteiger partial charge >= 0.3 is 0 Å². The van der Waals surface area contributed by atoms with Crippen molar-refractivity contribution in [2.24, 2.45) is 0 Å². The fraction of sp³-hybridized carbons (Fsp3) is 0.222. The third-order valence-electron chi connectivity index (χ3n) is 6.34. The highest BCUT2D eigenvalue weighted by Gasteiger charge is 2.20. The second-order valence-corrected chi connectivity index (χ2v) is 8.86. The Bertz CT molecular complexity index is 1650. The number of fused-ring (bicyclic) bond motifs is 2. The summed E-state index contributed by atoms with van der Waals surface area (Å²) in [5, 5.41) is 7.97. The lowest BCUT2D eigenvalue weighted by Gasteiger charge is -2.23. The Morgan fingerprint density at radius 2 is 2.00 bits per heavy atom. The van der Waals surface area contributed by atoms with Crippen LogP contribution in [0.5, 0.6) is 5.88 Å². The molecule has 1 fully saturated rings. The van der Waals surface area contributed by atoms with Crippen LogP contribution < -0.4 is 20.9 Å². The molecule has 1 saturated heterocycles. The highest BCUT2D eigenvalue weighted by atomic mass is 16.5. The second-order valence-electron chi connectivity index (χ2n) is 8.86. The number of piperidine rings is 1. The zero-order valence-corrected chi connectivity index (χ0v) is 20.2. The van der Waals surface area contributed by atoms with Gasteiger partial charge in [0.1, 0.15) is 11.5 Å². The van der Waals surface area contributed by atoms with Gasteiger partial charge in [0, 0.05) is 29.5 Å². The maximum atomic E-state index is 13.3. The molecule has 0 amide bonds. The van der Waals surface area contributed by atoms with E-state index in [9.17, 15) is 4.79 Å². The normalized spacial score (nSPS) is 14.2. The van der Waals surface area contributed by atoms with E-state index in [2.05, 4.69) is 27.2 Å². The number of pyridine rings is 2. The van der Waals surface area contributed by atoms with Gasteiger partial charge in [-0.25, -0.2) is 14.3 Å². The average molecular weight is 495 g/mol. The molecule has 4 aromatic heterocycles. The molecule has 0 unspecified atom stereocenters. The van der Waals surface area contributed by atoms with Crippen molar-refractivity contribution in [1.82, 2.24) is 34.6 Å². The van der Waals surface area contributed by atoms with Crippen molar-refractivity contribution in [1.29, 1.82) is 0 Å². The van der Waals surface area contributed by atoms with Crippen LogP contribution in [0.3, 0.4) is 0 Å². The molecule has 1 aliphatic heterocycles. The van der Waals surface area contributed by atoms with Gasteiger partial charge in [0.2, 0.25) is 11.8 Å². The standard InChI is InChI=1S/C27H26N8O2/c1-2-15-34-26(36)21-17-30-27(31-19-8-9-22-18(16-19)5-4-12-29-22)33-25(21)35(34)23-6-3-7-24(32-23)37-20-10-13-28-14-11-20/h2-9,12,16-17,20,28H,1,10-11,13-15H2,(H,30,31,33). The number of nitrogens with zero attached hydrogens (tertiary/aromatic N) is 6. The topological polar surface area (TPSA) is 112 Å². The van der Waals surface area contributed by atoms with Crippen LogP contribution in [-0.4, -0.2) is 48.5 Å². The summed E-state index contributed by atoms with van der Waals surface area (Å²) in [6, 6.07) is 15.3. The molecule has 37 heavy (non-hydrogen) atoms. The van der Waals surface area contributed by atoms with Crippen LogP contribution in [0.25, 0.3) is 27.8 Å². The van der Waals surface area contributed by atoms with Crippen LogP contribution in [0, 0.1) is 0 Å². The number of rotatable bonds is 7. The highest BCUT2D eigenvalue weighted by molar-refractivity contribution is 5.83. The van der Waals surface area contributed by atoms with E-state index in [1.54, 1.807) is 27.8 Å². The first-order valence-electron chi connectivity index (χ1n) is 12.3. The number of hydrogen-bond donors (Lipinski definition) is 2. The van der Waals surface area contributed by atoms with Crippen LogP contribution in [0.2, 0.25) is 0 Å². The first kappa shape index (κ1) is 22.9. The zero-order chi connectivity index (χ0) is 25.2. The minimum Gasteiger partial charge on any atom is -0.474 e. The molecule has 10 nitrogen and oxygen atoms in total. The number of benzene rings is 1. The number of allylic oxidation sites excluding steroid dienone is 1. The van der Waals surface area contributed by atoms with Gasteiger partial charge in [-0.1, -0.05) is 18.2 Å². The van der Waals surface area contributed by atoms with Gasteiger partial charge in [-0.3, -0.25) is 9.78 Å². The minimum absolute atomic E-state index is 0.107. The Balaban J connectivity index is 1.40. The van der Waals surface area contributed by atoms with Gasteiger partial charge in [0.05, 0.1) is 12.1 Å². The van der Waals surface area contributed by atoms with Gasteiger partial charge in [-0.15, -0.1) is 6.58 Å². The van der Waals surface area contributed by atoms with Crippen molar-refractivity contribution in [3.05, 3.63) is 83.9 Å². The molecule has 6 rings (SSSR count). The molecule has 0 saturated carbocycles. The summed E-state index contributed by atoms with van der Waals surface area (Å²) in [5.41, 5.74) is 1.94. The van der Waals surface area contributed by atoms with Crippen molar-refractivity contribution >= 4 is 33.6 Å². The summed E-state index contributed by atoms with van der Waals surface area (Å²) < 4.78 is 9.40. The lowest BCUT2D eigenvalue weighted by atomic mass is 10.1. The lowest BCUT2D eigenvalue weighted by Crippen LogP contribution is -2.34. The molecule has 0 radical (unpaired) electrons. The van der Waals surface area contributed by atoms with Crippen molar-refractivity contribution < 1.29 is 4.74 Å². The molecule has 0 atom stereocenters. The molecule has 0 bridgehead atoms. The van der Waals surface area contributed by atoms with Crippen molar-refractivity contribution in [3.63, 3.8) is 0 Å². The van der Waals surface area contributed by atoms with Crippen LogP contribution in [0.15, 0.2) is 78.4 Å². The van der Waals surface area contributed by atoms with Crippen molar-refractivity contribution in [2.75, 3.05) is 18.4 Å². The molecular formula is C27H26N8O2. The molecule has 5 heterocycles. The Morgan fingerprint density at radius 3 is 2.86 bits per heavy atom. The largest absolute Gasteiger partial charge is 0.474 e. The summed E-state index contributed by atoms with van der Waals surface area (Å²) in [6.45, 7) is 5.95. The van der Waals surface area contributed by atoms with Gasteiger partial charge in [0.25, 0.3) is 5.56 Å². The average Bonchev–Trinajstić information content (AvgIpc) is 3.20. The SMILES string of the molecule is C=CCn1c(=O)c2cnc(Nc3ccc4ncccc4c3)nc2n1-c1cccc(OC2CCNCC2)n1. The van der Waals surface area contributed by atoms with Gasteiger partial charge in [-0.2, -0.15) is 9.97 Å². The summed E-state index contributed by atoms with van der Waals surface area (Å²) in [7, 11) is 0. The molecule has 1 aromatic carbocycles. The van der Waals surface area contributed by atoms with Crippen LogP contribution >= 0.6 is 0 Å².